The molecule has 4 aromatic carbocycles. The van der Waals surface area contributed by atoms with Gasteiger partial charge in [-0.1, -0.05) is 121 Å². The van der Waals surface area contributed by atoms with Crippen molar-refractivity contribution in [1.82, 2.24) is 15.3 Å². The van der Waals surface area contributed by atoms with E-state index in [2.05, 4.69) is 15.3 Å². The van der Waals surface area contributed by atoms with Crippen molar-refractivity contribution in [3.05, 3.63) is 155 Å². The molecule has 0 aliphatic rings. The number of Topliss-reactive ketones (excluding diaryl/α,β-unsaturated/α-hetero) is 1. The number of hydrogen-bond acceptors (Lipinski definition) is 14. The fraction of sp³-hybridized carbons (Fsp3) is 0.209. The van der Waals surface area contributed by atoms with Gasteiger partial charge in [0, 0.05) is 6.42 Å². The van der Waals surface area contributed by atoms with Crippen LogP contribution in [0.25, 0.3) is 0 Å². The smallest absolute Gasteiger partial charge is 0.329 e. The third kappa shape index (κ3) is 12.8. The van der Waals surface area contributed by atoms with Gasteiger partial charge in [-0.2, -0.15) is 0 Å². The Morgan fingerprint density at radius 1 is 0.483 bits per heavy atom. The van der Waals surface area contributed by atoms with Crippen molar-refractivity contribution in [1.29, 1.82) is 0 Å². The van der Waals surface area contributed by atoms with Crippen LogP contribution in [0.1, 0.15) is 62.5 Å². The number of nitrogens with zero attached hydrogens (tertiary/aromatic N) is 2. The minimum absolute atomic E-state index is 0.0572. The maximum atomic E-state index is 13.6. The largest absolute Gasteiger partial charge is 0.461 e. The predicted molar refractivity (Wildman–Crippen MR) is 209 cm³/mol. The molecule has 0 bridgehead atoms. The summed E-state index contributed by atoms with van der Waals surface area (Å²) in [5.74, 6) is -7.66. The molecular weight excluding hydrogens is 746 g/mol. The molecule has 15 nitrogen and oxygen atoms in total. The molecule has 58 heavy (non-hydrogen) atoms. The first-order valence-corrected chi connectivity index (χ1v) is 18.1. The topological polar surface area (TPSA) is 229 Å². The number of rotatable bonds is 19. The fourth-order valence-electron chi connectivity index (χ4n) is 5.45. The first-order chi connectivity index (χ1) is 28.0. The lowest BCUT2D eigenvalue weighted by atomic mass is 9.97. The highest BCUT2D eigenvalue weighted by Gasteiger charge is 2.32. The van der Waals surface area contributed by atoms with E-state index in [4.69, 9.17) is 30.4 Å². The Kier molecular flexibility index (Phi) is 15.1. The molecule has 5 rings (SSSR count). The average Bonchev–Trinajstić information content (AvgIpc) is 3.24. The van der Waals surface area contributed by atoms with Crippen LogP contribution in [-0.2, 0) is 64.6 Å². The van der Waals surface area contributed by atoms with Crippen LogP contribution in [0.5, 0.6) is 0 Å². The van der Waals surface area contributed by atoms with Gasteiger partial charge in [0.15, 0.2) is 28.8 Å². The zero-order valence-electron chi connectivity index (χ0n) is 31.3. The molecule has 0 aliphatic heterocycles. The normalized spacial score (nSPS) is 11.7. The molecule has 0 spiro atoms. The van der Waals surface area contributed by atoms with Crippen molar-refractivity contribution in [3.63, 3.8) is 0 Å². The van der Waals surface area contributed by atoms with E-state index in [1.807, 2.05) is 6.07 Å². The van der Waals surface area contributed by atoms with Gasteiger partial charge in [-0.05, 0) is 22.3 Å². The van der Waals surface area contributed by atoms with Crippen LogP contribution in [-0.4, -0.2) is 51.6 Å². The number of anilines is 2. The summed E-state index contributed by atoms with van der Waals surface area (Å²) in [7, 11) is 0. The molecule has 1 amide bonds. The summed E-state index contributed by atoms with van der Waals surface area (Å²) in [5.41, 5.74) is 13.9. The number of ether oxygens (including phenoxy) is 4. The minimum Gasteiger partial charge on any atom is -0.461 e. The molecule has 15 heteroatoms. The third-order valence-corrected chi connectivity index (χ3v) is 8.50. The second-order valence-electron chi connectivity index (χ2n) is 12.9. The van der Waals surface area contributed by atoms with Crippen LogP contribution in [0, 0.1) is 5.92 Å². The summed E-state index contributed by atoms with van der Waals surface area (Å²) >= 11 is 0. The highest BCUT2D eigenvalue weighted by atomic mass is 16.5. The van der Waals surface area contributed by atoms with Gasteiger partial charge < -0.3 is 35.7 Å². The van der Waals surface area contributed by atoms with Crippen LogP contribution < -0.4 is 16.8 Å². The van der Waals surface area contributed by atoms with Gasteiger partial charge in [0.05, 0.1) is 18.8 Å². The highest BCUT2D eigenvalue weighted by Crippen LogP contribution is 2.22. The van der Waals surface area contributed by atoms with Gasteiger partial charge in [-0.15, -0.1) is 0 Å². The Morgan fingerprint density at radius 2 is 0.862 bits per heavy atom. The van der Waals surface area contributed by atoms with E-state index in [0.29, 0.717) is 16.7 Å². The molecule has 0 fully saturated rings. The number of ketones is 1. The predicted octanol–water partition coefficient (Wildman–Crippen LogP) is 4.68. The summed E-state index contributed by atoms with van der Waals surface area (Å²) in [6, 6.07) is 33.7. The molecule has 298 valence electrons. The van der Waals surface area contributed by atoms with Crippen LogP contribution in [0.3, 0.4) is 0 Å². The summed E-state index contributed by atoms with van der Waals surface area (Å²) in [6.07, 6.45) is -1.72. The second-order valence-corrected chi connectivity index (χ2v) is 12.9. The van der Waals surface area contributed by atoms with Gasteiger partial charge >= 0.3 is 23.9 Å². The van der Waals surface area contributed by atoms with E-state index < -0.39 is 89.8 Å². The molecular formula is C43H41N5O10. The maximum absolute atomic E-state index is 13.6. The fourth-order valence-corrected chi connectivity index (χ4v) is 5.45. The number of aromatic nitrogens is 2. The summed E-state index contributed by atoms with van der Waals surface area (Å²) in [6.45, 7) is -0.404. The number of amides is 1. The zero-order valence-corrected chi connectivity index (χ0v) is 31.3. The van der Waals surface area contributed by atoms with Crippen molar-refractivity contribution in [2.75, 3.05) is 11.5 Å². The molecule has 2 atom stereocenters. The van der Waals surface area contributed by atoms with E-state index in [9.17, 15) is 28.8 Å². The second kappa shape index (κ2) is 21.0. The van der Waals surface area contributed by atoms with Gasteiger partial charge in [0.2, 0.25) is 0 Å². The Balaban J connectivity index is 1.28. The van der Waals surface area contributed by atoms with Crippen molar-refractivity contribution < 1.29 is 47.7 Å². The number of nitrogen functional groups attached to an aromatic ring is 2. The average molecular weight is 788 g/mol. The van der Waals surface area contributed by atoms with Crippen LogP contribution in [0.15, 0.2) is 121 Å². The van der Waals surface area contributed by atoms with Crippen molar-refractivity contribution in [3.8, 4) is 0 Å². The molecule has 1 heterocycles. The number of nitrogens with two attached hydrogens (primary N) is 2. The van der Waals surface area contributed by atoms with Gasteiger partial charge in [-0.25, -0.2) is 14.8 Å². The Labute approximate surface area is 333 Å². The Hall–Kier alpha value is -7.42. The lowest BCUT2D eigenvalue weighted by Gasteiger charge is -2.18. The molecule has 5 N–H and O–H groups in total. The first-order valence-electron chi connectivity index (χ1n) is 18.1. The van der Waals surface area contributed by atoms with E-state index in [-0.39, 0.29) is 26.4 Å². The Bertz CT molecular complexity index is 2030. The van der Waals surface area contributed by atoms with Crippen molar-refractivity contribution in [2.45, 2.75) is 51.7 Å². The first kappa shape index (κ1) is 41.7. The van der Waals surface area contributed by atoms with Gasteiger partial charge in [0.1, 0.15) is 32.5 Å². The monoisotopic (exact) mass is 787 g/mol. The Morgan fingerprint density at radius 3 is 1.33 bits per heavy atom. The molecule has 1 unspecified atom stereocenters. The van der Waals surface area contributed by atoms with Gasteiger partial charge in [-0.3, -0.25) is 24.0 Å². The SMILES string of the molecule is Nc1nc(C(=O)NC(CC(=O)OCc2ccccc2)C(=O)OCc2ccccc2)c(N)nc1C(=O)C[C@H](CC(=O)OCc1ccccc1)C(=O)OCc1ccccc1. The standard InChI is InChI=1S/C43H41N5O10/c44-39-37(34(49)21-32(42(53)57-26-30-17-9-3-10-18-30)22-35(50)55-24-28-13-5-1-6-14-28)47-40(45)38(48-39)41(52)46-33(43(54)58-27-31-19-11-4-12-20-31)23-36(51)56-25-29-15-7-2-8-16-29/h1-20,32-33H,21-27H2,(H2,44,48)(H2,45,47)(H,46,52)/t32-,33?/m1/s1. The summed E-state index contributed by atoms with van der Waals surface area (Å²) < 4.78 is 21.5. The van der Waals surface area contributed by atoms with E-state index in [0.717, 1.165) is 5.56 Å². The molecule has 0 radical (unpaired) electrons. The van der Waals surface area contributed by atoms with Crippen molar-refractivity contribution in [2.24, 2.45) is 5.92 Å². The zero-order chi connectivity index (χ0) is 41.3. The maximum Gasteiger partial charge on any atom is 0.329 e. The number of nitrogens with one attached hydrogen (secondary N) is 1. The minimum atomic E-state index is -1.55. The summed E-state index contributed by atoms with van der Waals surface area (Å²) in [4.78, 5) is 87.2. The summed E-state index contributed by atoms with van der Waals surface area (Å²) in [5, 5.41) is 2.39. The van der Waals surface area contributed by atoms with E-state index in [1.165, 1.54) is 0 Å². The third-order valence-electron chi connectivity index (χ3n) is 8.50. The molecule has 0 saturated heterocycles. The number of hydrogen-bond donors (Lipinski definition) is 3. The number of benzene rings is 4. The quantitative estimate of drug-likeness (QED) is 0.0587. The lowest BCUT2D eigenvalue weighted by molar-refractivity contribution is -0.156. The number of carbonyl (C=O) groups excluding carboxylic acids is 6. The van der Waals surface area contributed by atoms with Crippen LogP contribution in [0.2, 0.25) is 0 Å². The van der Waals surface area contributed by atoms with Crippen LogP contribution in [0.4, 0.5) is 11.6 Å². The van der Waals surface area contributed by atoms with Crippen LogP contribution >= 0.6 is 0 Å². The van der Waals surface area contributed by atoms with E-state index >= 15 is 0 Å². The van der Waals surface area contributed by atoms with Gasteiger partial charge in [0.25, 0.3) is 5.91 Å². The highest BCUT2D eigenvalue weighted by molar-refractivity contribution is 6.04. The lowest BCUT2D eigenvalue weighted by Crippen LogP contribution is -2.44. The molecule has 1 aromatic heterocycles. The molecule has 0 aliphatic carbocycles. The molecule has 5 aromatic rings. The van der Waals surface area contributed by atoms with Crippen molar-refractivity contribution >= 4 is 47.2 Å². The number of carbonyl (C=O) groups is 6. The molecule has 0 saturated carbocycles. The van der Waals surface area contributed by atoms with E-state index in [1.54, 1.807) is 115 Å². The number of esters is 4.